The molecule has 1 atom stereocenters. The van der Waals surface area contributed by atoms with Gasteiger partial charge in [-0.2, -0.15) is 0 Å². The Balaban J connectivity index is 1.86. The first-order valence-electron chi connectivity index (χ1n) is 9.24. The number of hydrogen-bond acceptors (Lipinski definition) is 6. The lowest BCUT2D eigenvalue weighted by Gasteiger charge is -2.26. The van der Waals surface area contributed by atoms with E-state index in [1.54, 1.807) is 23.1 Å². The van der Waals surface area contributed by atoms with Crippen molar-refractivity contribution in [3.8, 4) is 0 Å². The number of thioether (sulfide) groups is 2. The van der Waals surface area contributed by atoms with Crippen LogP contribution in [0.3, 0.4) is 0 Å². The summed E-state index contributed by atoms with van der Waals surface area (Å²) in [7, 11) is 0. The number of aromatic nitrogens is 2. The number of hydrogen-bond donors (Lipinski definition) is 1. The molecular weight excluding hydrogens is 394 g/mol. The molecule has 27 heavy (non-hydrogen) atoms. The van der Waals surface area contributed by atoms with Crippen molar-refractivity contribution >= 4 is 40.8 Å². The third-order valence-corrected chi connectivity index (χ3v) is 7.70. The van der Waals surface area contributed by atoms with Crippen molar-refractivity contribution in [1.29, 1.82) is 0 Å². The molecule has 148 valence electrons. The lowest BCUT2D eigenvalue weighted by atomic mass is 10.0. The summed E-state index contributed by atoms with van der Waals surface area (Å²) in [5, 5.41) is 11.4. The summed E-state index contributed by atoms with van der Waals surface area (Å²) in [5.74, 6) is 1.47. The lowest BCUT2D eigenvalue weighted by Crippen LogP contribution is -2.46. The van der Waals surface area contributed by atoms with Gasteiger partial charge in [0.2, 0.25) is 5.91 Å². The molecule has 1 aromatic carbocycles. The molecule has 1 heterocycles. The number of rotatable bonds is 9. The summed E-state index contributed by atoms with van der Waals surface area (Å²) in [5.41, 5.74) is 2.46. The van der Waals surface area contributed by atoms with Crippen LogP contribution in [0.2, 0.25) is 0 Å². The zero-order chi connectivity index (χ0) is 20.0. The zero-order valence-corrected chi connectivity index (χ0v) is 19.4. The van der Waals surface area contributed by atoms with Crippen LogP contribution in [0.5, 0.6) is 0 Å². The molecule has 0 radical (unpaired) electrons. The predicted molar refractivity (Wildman–Crippen MR) is 118 cm³/mol. The van der Waals surface area contributed by atoms with Crippen molar-refractivity contribution in [2.45, 2.75) is 79.1 Å². The Morgan fingerprint density at radius 3 is 2.37 bits per heavy atom. The summed E-state index contributed by atoms with van der Waals surface area (Å²) >= 11 is 4.71. The molecular formula is C20H29N3OS3. The van der Waals surface area contributed by atoms with Crippen LogP contribution in [0, 0.1) is 0 Å². The molecule has 1 N–H and O–H groups in total. The van der Waals surface area contributed by atoms with Crippen LogP contribution in [-0.2, 0) is 10.5 Å². The van der Waals surface area contributed by atoms with Gasteiger partial charge in [-0.3, -0.25) is 4.79 Å². The Kier molecular flexibility index (Phi) is 8.19. The highest BCUT2D eigenvalue weighted by Gasteiger charge is 2.23. The molecule has 2 aromatic rings. The van der Waals surface area contributed by atoms with Crippen molar-refractivity contribution in [1.82, 2.24) is 15.5 Å². The SMILES string of the molecule is CCC(C)(C)NC(=O)C(C)Sc1nnc(SCc2ccc(C(C)C)cc2)s1. The second kappa shape index (κ2) is 9.94. The maximum atomic E-state index is 12.3. The largest absolute Gasteiger partial charge is 0.350 e. The van der Waals surface area contributed by atoms with Crippen LogP contribution in [0.1, 0.15) is 65.0 Å². The standard InChI is InChI=1S/C20H29N3OS3/c1-7-20(5,6)21-17(24)14(4)26-19-23-22-18(27-19)25-12-15-8-10-16(11-9-15)13(2)3/h8-11,13-14H,7,12H2,1-6H3,(H,21,24). The van der Waals surface area contributed by atoms with Crippen LogP contribution in [0.15, 0.2) is 32.9 Å². The summed E-state index contributed by atoms with van der Waals surface area (Å²) < 4.78 is 1.77. The number of nitrogens with zero attached hydrogens (tertiary/aromatic N) is 2. The normalized spacial score (nSPS) is 13.0. The first kappa shape index (κ1) is 22.2. The summed E-state index contributed by atoms with van der Waals surface area (Å²) in [4.78, 5) is 12.3. The highest BCUT2D eigenvalue weighted by molar-refractivity contribution is 8.03. The summed E-state index contributed by atoms with van der Waals surface area (Å²) in [6.45, 7) is 12.5. The minimum Gasteiger partial charge on any atom is -0.350 e. The smallest absolute Gasteiger partial charge is 0.233 e. The van der Waals surface area contributed by atoms with E-state index in [9.17, 15) is 4.79 Å². The third-order valence-electron chi connectivity index (χ3n) is 4.39. The molecule has 0 fully saturated rings. The van der Waals surface area contributed by atoms with Crippen molar-refractivity contribution in [2.24, 2.45) is 0 Å². The van der Waals surface area contributed by atoms with Gasteiger partial charge in [0.15, 0.2) is 8.68 Å². The highest BCUT2D eigenvalue weighted by Crippen LogP contribution is 2.33. The molecule has 0 aliphatic heterocycles. The van der Waals surface area contributed by atoms with Gasteiger partial charge in [0.05, 0.1) is 5.25 Å². The molecule has 1 aromatic heterocycles. The molecule has 1 amide bonds. The Morgan fingerprint density at radius 1 is 1.15 bits per heavy atom. The van der Waals surface area contributed by atoms with Crippen molar-refractivity contribution in [3.63, 3.8) is 0 Å². The molecule has 0 aliphatic rings. The van der Waals surface area contributed by atoms with Gasteiger partial charge in [0, 0.05) is 11.3 Å². The van der Waals surface area contributed by atoms with E-state index in [4.69, 9.17) is 0 Å². The number of carbonyl (C=O) groups excluding carboxylic acids is 1. The second-order valence-electron chi connectivity index (χ2n) is 7.51. The average molecular weight is 424 g/mol. The van der Waals surface area contributed by atoms with Crippen LogP contribution in [0.4, 0.5) is 0 Å². The van der Waals surface area contributed by atoms with E-state index in [1.807, 2.05) is 20.8 Å². The maximum absolute atomic E-state index is 12.3. The van der Waals surface area contributed by atoms with Gasteiger partial charge >= 0.3 is 0 Å². The number of nitrogens with one attached hydrogen (secondary N) is 1. The van der Waals surface area contributed by atoms with E-state index in [-0.39, 0.29) is 16.7 Å². The van der Waals surface area contributed by atoms with Crippen LogP contribution < -0.4 is 5.32 Å². The molecule has 0 bridgehead atoms. The van der Waals surface area contributed by atoms with E-state index in [1.165, 1.54) is 22.9 Å². The Labute approximate surface area is 175 Å². The molecule has 0 aliphatic carbocycles. The zero-order valence-electron chi connectivity index (χ0n) is 16.9. The molecule has 0 saturated carbocycles. The third kappa shape index (κ3) is 7.12. The predicted octanol–water partition coefficient (Wildman–Crippen LogP) is 5.74. The fourth-order valence-electron chi connectivity index (χ4n) is 2.18. The Bertz CT molecular complexity index is 741. The highest BCUT2D eigenvalue weighted by atomic mass is 32.2. The Hall–Kier alpha value is -1.05. The quantitative estimate of drug-likeness (QED) is 0.521. The van der Waals surface area contributed by atoms with Crippen LogP contribution in [-0.4, -0.2) is 26.9 Å². The Morgan fingerprint density at radius 2 is 1.78 bits per heavy atom. The number of amides is 1. The minimum atomic E-state index is -0.190. The van der Waals surface area contributed by atoms with E-state index >= 15 is 0 Å². The molecule has 2 rings (SSSR count). The first-order valence-corrected chi connectivity index (χ1v) is 11.9. The van der Waals surface area contributed by atoms with Gasteiger partial charge in [-0.05, 0) is 44.2 Å². The van der Waals surface area contributed by atoms with Gasteiger partial charge in [-0.1, -0.05) is 79.9 Å². The van der Waals surface area contributed by atoms with E-state index in [0.717, 1.165) is 20.9 Å². The molecule has 0 spiro atoms. The monoisotopic (exact) mass is 423 g/mol. The fraction of sp³-hybridized carbons (Fsp3) is 0.550. The van der Waals surface area contributed by atoms with E-state index in [2.05, 4.69) is 60.6 Å². The first-order chi connectivity index (χ1) is 12.7. The topological polar surface area (TPSA) is 54.9 Å². The number of carbonyl (C=O) groups is 1. The lowest BCUT2D eigenvalue weighted by molar-refractivity contribution is -0.121. The summed E-state index contributed by atoms with van der Waals surface area (Å²) in [6, 6.07) is 8.75. The molecule has 4 nitrogen and oxygen atoms in total. The van der Waals surface area contributed by atoms with Crippen molar-refractivity contribution in [3.05, 3.63) is 35.4 Å². The van der Waals surface area contributed by atoms with Crippen LogP contribution in [0.25, 0.3) is 0 Å². The van der Waals surface area contributed by atoms with Crippen LogP contribution >= 0.6 is 34.9 Å². The van der Waals surface area contributed by atoms with Gasteiger partial charge in [0.1, 0.15) is 0 Å². The average Bonchev–Trinajstić information content (AvgIpc) is 3.07. The fourth-order valence-corrected chi connectivity index (χ4v) is 5.30. The van der Waals surface area contributed by atoms with Crippen molar-refractivity contribution in [2.75, 3.05) is 0 Å². The minimum absolute atomic E-state index is 0.0431. The van der Waals surface area contributed by atoms with Gasteiger partial charge in [-0.15, -0.1) is 10.2 Å². The van der Waals surface area contributed by atoms with E-state index < -0.39 is 0 Å². The second-order valence-corrected chi connectivity index (χ2v) is 11.3. The van der Waals surface area contributed by atoms with E-state index in [0.29, 0.717) is 5.92 Å². The molecule has 1 unspecified atom stereocenters. The number of benzene rings is 1. The van der Waals surface area contributed by atoms with Gasteiger partial charge in [0.25, 0.3) is 0 Å². The molecule has 0 saturated heterocycles. The van der Waals surface area contributed by atoms with Gasteiger partial charge in [-0.25, -0.2) is 0 Å². The summed E-state index contributed by atoms with van der Waals surface area (Å²) in [6.07, 6.45) is 0.897. The van der Waals surface area contributed by atoms with Gasteiger partial charge < -0.3 is 5.32 Å². The van der Waals surface area contributed by atoms with Crippen molar-refractivity contribution < 1.29 is 4.79 Å². The maximum Gasteiger partial charge on any atom is 0.233 e. The molecule has 7 heteroatoms.